The zero-order valence-electron chi connectivity index (χ0n) is 13.1. The van der Waals surface area contributed by atoms with E-state index in [2.05, 4.69) is 0 Å². The number of benzene rings is 2. The minimum atomic E-state index is -3.60. The van der Waals surface area contributed by atoms with Crippen LogP contribution >= 0.6 is 23.2 Å². The van der Waals surface area contributed by atoms with Crippen LogP contribution in [0.15, 0.2) is 47.4 Å². The molecule has 0 unspecified atom stereocenters. The third kappa shape index (κ3) is 3.98. The van der Waals surface area contributed by atoms with Crippen molar-refractivity contribution in [3.8, 4) is 5.75 Å². The molecule has 0 aromatic heterocycles. The summed E-state index contributed by atoms with van der Waals surface area (Å²) >= 11 is 11.8. The van der Waals surface area contributed by atoms with Crippen LogP contribution in [0.4, 0.5) is 0 Å². The molecule has 3 rings (SSSR count). The van der Waals surface area contributed by atoms with Crippen molar-refractivity contribution in [1.29, 1.82) is 0 Å². The first-order chi connectivity index (χ1) is 11.9. The van der Waals surface area contributed by atoms with Crippen molar-refractivity contribution in [2.45, 2.75) is 17.7 Å². The van der Waals surface area contributed by atoms with Crippen LogP contribution in [-0.2, 0) is 10.0 Å². The third-order valence-electron chi connectivity index (χ3n) is 3.87. The molecule has 1 aliphatic rings. The quantitative estimate of drug-likeness (QED) is 0.575. The Labute approximate surface area is 156 Å². The highest BCUT2D eigenvalue weighted by atomic mass is 35.5. The molecule has 5 nitrogen and oxygen atoms in total. The summed E-state index contributed by atoms with van der Waals surface area (Å²) in [6.45, 7) is 0.995. The van der Waals surface area contributed by atoms with Gasteiger partial charge in [0.25, 0.3) is 0 Å². The van der Waals surface area contributed by atoms with Gasteiger partial charge in [0.05, 0.1) is 15.5 Å². The Morgan fingerprint density at radius 3 is 2.44 bits per heavy atom. The van der Waals surface area contributed by atoms with Crippen molar-refractivity contribution >= 4 is 39.2 Å². The largest absolute Gasteiger partial charge is 0.421 e. The number of sulfonamides is 1. The summed E-state index contributed by atoms with van der Waals surface area (Å²) in [7, 11) is -3.60. The van der Waals surface area contributed by atoms with Crippen LogP contribution in [0.5, 0.6) is 5.75 Å². The monoisotopic (exact) mass is 399 g/mol. The van der Waals surface area contributed by atoms with Gasteiger partial charge in [-0.25, -0.2) is 13.2 Å². The second kappa shape index (κ2) is 7.33. The fraction of sp³-hybridized carbons (Fsp3) is 0.235. The molecule has 25 heavy (non-hydrogen) atoms. The molecule has 132 valence electrons. The van der Waals surface area contributed by atoms with Gasteiger partial charge in [0, 0.05) is 18.1 Å². The lowest BCUT2D eigenvalue weighted by Crippen LogP contribution is -2.28. The van der Waals surface area contributed by atoms with Gasteiger partial charge in [0.1, 0.15) is 5.75 Å². The molecular weight excluding hydrogens is 385 g/mol. The van der Waals surface area contributed by atoms with Crippen LogP contribution in [0, 0.1) is 0 Å². The number of halogens is 2. The van der Waals surface area contributed by atoms with E-state index in [0.717, 1.165) is 12.8 Å². The summed E-state index contributed by atoms with van der Waals surface area (Å²) in [5.74, 6) is -0.536. The second-order valence-corrected chi connectivity index (χ2v) is 8.38. The molecule has 0 atom stereocenters. The molecule has 1 fully saturated rings. The third-order valence-corrected chi connectivity index (χ3v) is 6.29. The van der Waals surface area contributed by atoms with E-state index in [1.165, 1.54) is 40.7 Å². The Balaban J connectivity index is 1.84. The Kier molecular flexibility index (Phi) is 5.34. The lowest BCUT2D eigenvalue weighted by molar-refractivity contribution is 0.0734. The smallest absolute Gasteiger partial charge is 0.343 e. The lowest BCUT2D eigenvalue weighted by atomic mass is 10.2. The number of carbonyl (C=O) groups is 1. The standard InChI is InChI=1S/C17H15Cl2NO4S/c18-13-6-7-16(15(19)11-13)24-17(21)12-4-3-5-14(10-12)25(22,23)20-8-1-2-9-20/h3-7,10-11H,1-2,8-9H2. The summed E-state index contributed by atoms with van der Waals surface area (Å²) in [4.78, 5) is 12.4. The molecule has 0 N–H and O–H groups in total. The van der Waals surface area contributed by atoms with E-state index >= 15 is 0 Å². The Morgan fingerprint density at radius 1 is 1.04 bits per heavy atom. The van der Waals surface area contributed by atoms with E-state index in [9.17, 15) is 13.2 Å². The van der Waals surface area contributed by atoms with Crippen molar-refractivity contribution in [3.63, 3.8) is 0 Å². The van der Waals surface area contributed by atoms with Gasteiger partial charge >= 0.3 is 5.97 Å². The van der Waals surface area contributed by atoms with Crippen LogP contribution in [0.25, 0.3) is 0 Å². The first kappa shape index (κ1) is 18.2. The molecule has 1 heterocycles. The van der Waals surface area contributed by atoms with E-state index < -0.39 is 16.0 Å². The molecule has 0 radical (unpaired) electrons. The maximum absolute atomic E-state index is 12.6. The van der Waals surface area contributed by atoms with Crippen molar-refractivity contribution in [1.82, 2.24) is 4.31 Å². The van der Waals surface area contributed by atoms with Gasteiger partial charge in [-0.1, -0.05) is 29.3 Å². The number of ether oxygens (including phenoxy) is 1. The number of rotatable bonds is 4. The van der Waals surface area contributed by atoms with Gasteiger partial charge < -0.3 is 4.74 Å². The van der Waals surface area contributed by atoms with Gasteiger partial charge in [-0.15, -0.1) is 0 Å². The van der Waals surface area contributed by atoms with Gasteiger partial charge in [0.2, 0.25) is 10.0 Å². The molecule has 8 heteroatoms. The van der Waals surface area contributed by atoms with Crippen molar-refractivity contribution < 1.29 is 17.9 Å². The number of nitrogens with zero attached hydrogens (tertiary/aromatic N) is 1. The van der Waals surface area contributed by atoms with Crippen LogP contribution in [0.2, 0.25) is 10.0 Å². The molecule has 1 saturated heterocycles. The van der Waals surface area contributed by atoms with Crippen molar-refractivity contribution in [3.05, 3.63) is 58.1 Å². The zero-order valence-corrected chi connectivity index (χ0v) is 15.4. The summed E-state index contributed by atoms with van der Waals surface area (Å²) in [5.41, 5.74) is 0.131. The lowest BCUT2D eigenvalue weighted by Gasteiger charge is -2.16. The van der Waals surface area contributed by atoms with E-state index in [1.54, 1.807) is 6.07 Å². The average Bonchev–Trinajstić information content (AvgIpc) is 3.13. The summed E-state index contributed by atoms with van der Waals surface area (Å²) in [6, 6.07) is 10.3. The minimum absolute atomic E-state index is 0.0750. The number of hydrogen-bond donors (Lipinski definition) is 0. The van der Waals surface area contributed by atoms with Crippen molar-refractivity contribution in [2.75, 3.05) is 13.1 Å². The summed E-state index contributed by atoms with van der Waals surface area (Å²) in [5, 5.41) is 0.616. The Morgan fingerprint density at radius 2 is 1.76 bits per heavy atom. The topological polar surface area (TPSA) is 63.7 Å². The van der Waals surface area contributed by atoms with E-state index in [1.807, 2.05) is 0 Å². The van der Waals surface area contributed by atoms with Gasteiger partial charge in [0.15, 0.2) is 0 Å². The fourth-order valence-electron chi connectivity index (χ4n) is 2.58. The van der Waals surface area contributed by atoms with E-state index in [4.69, 9.17) is 27.9 Å². The molecule has 0 bridgehead atoms. The number of esters is 1. The van der Waals surface area contributed by atoms with Gasteiger partial charge in [-0.3, -0.25) is 0 Å². The average molecular weight is 400 g/mol. The van der Waals surface area contributed by atoms with Crippen LogP contribution in [-0.4, -0.2) is 31.8 Å². The second-order valence-electron chi connectivity index (χ2n) is 5.60. The predicted octanol–water partition coefficient (Wildman–Crippen LogP) is 4.00. The number of carbonyl (C=O) groups excluding carboxylic acids is 1. The van der Waals surface area contributed by atoms with Gasteiger partial charge in [-0.2, -0.15) is 4.31 Å². The molecule has 0 spiro atoms. The predicted molar refractivity (Wildman–Crippen MR) is 95.9 cm³/mol. The molecule has 2 aromatic carbocycles. The molecule has 1 aliphatic heterocycles. The highest BCUT2D eigenvalue weighted by Gasteiger charge is 2.27. The van der Waals surface area contributed by atoms with E-state index in [-0.39, 0.29) is 21.2 Å². The molecule has 2 aromatic rings. The SMILES string of the molecule is O=C(Oc1ccc(Cl)cc1Cl)c1cccc(S(=O)(=O)N2CCCC2)c1. The number of hydrogen-bond acceptors (Lipinski definition) is 4. The molecule has 0 amide bonds. The van der Waals surface area contributed by atoms with Crippen LogP contribution < -0.4 is 4.74 Å². The maximum atomic E-state index is 12.6. The Hall–Kier alpha value is -1.60. The fourth-order valence-corrected chi connectivity index (χ4v) is 4.59. The highest BCUT2D eigenvalue weighted by Crippen LogP contribution is 2.28. The van der Waals surface area contributed by atoms with Crippen LogP contribution in [0.1, 0.15) is 23.2 Å². The normalized spacial score (nSPS) is 15.3. The summed E-state index contributed by atoms with van der Waals surface area (Å²) in [6.07, 6.45) is 1.69. The van der Waals surface area contributed by atoms with Crippen molar-refractivity contribution in [2.24, 2.45) is 0 Å². The molecule has 0 aliphatic carbocycles. The minimum Gasteiger partial charge on any atom is -0.421 e. The first-order valence-electron chi connectivity index (χ1n) is 7.65. The molecule has 0 saturated carbocycles. The maximum Gasteiger partial charge on any atom is 0.343 e. The first-order valence-corrected chi connectivity index (χ1v) is 9.85. The van der Waals surface area contributed by atoms with Gasteiger partial charge in [-0.05, 0) is 49.2 Å². The Bertz CT molecular complexity index is 909. The highest BCUT2D eigenvalue weighted by molar-refractivity contribution is 7.89. The zero-order chi connectivity index (χ0) is 18.0. The van der Waals surface area contributed by atoms with E-state index in [0.29, 0.717) is 18.1 Å². The summed E-state index contributed by atoms with van der Waals surface area (Å²) < 4.78 is 31.9. The van der Waals surface area contributed by atoms with Crippen LogP contribution in [0.3, 0.4) is 0 Å². The molecular formula is C17H15Cl2NO4S.